The summed E-state index contributed by atoms with van der Waals surface area (Å²) in [6.07, 6.45) is 2.25. The first kappa shape index (κ1) is 22.2. The van der Waals surface area contributed by atoms with Crippen LogP contribution in [0.1, 0.15) is 43.5 Å². The molecule has 1 aromatic carbocycles. The summed E-state index contributed by atoms with van der Waals surface area (Å²) in [7, 11) is 0. The normalized spacial score (nSPS) is 17.5. The molecule has 4 N–H and O–H groups in total. The number of carbonyl (C=O) groups is 3. The van der Waals surface area contributed by atoms with Gasteiger partial charge in [0.1, 0.15) is 6.04 Å². The number of benzene rings is 1. The molecule has 1 aromatic rings. The van der Waals surface area contributed by atoms with Gasteiger partial charge in [0.05, 0.1) is 6.54 Å². The highest BCUT2D eigenvalue weighted by atomic mass is 35.5. The monoisotopic (exact) mass is 408 g/mol. The van der Waals surface area contributed by atoms with Gasteiger partial charge in [-0.15, -0.1) is 0 Å². The van der Waals surface area contributed by atoms with Gasteiger partial charge in [0.25, 0.3) is 5.91 Å². The van der Waals surface area contributed by atoms with E-state index in [4.69, 9.17) is 17.3 Å². The summed E-state index contributed by atoms with van der Waals surface area (Å²) in [6, 6.07) is 5.98. The van der Waals surface area contributed by atoms with Crippen molar-refractivity contribution in [2.45, 2.75) is 45.2 Å². The highest BCUT2D eigenvalue weighted by molar-refractivity contribution is 6.30. The summed E-state index contributed by atoms with van der Waals surface area (Å²) in [5, 5.41) is 6.47. The zero-order valence-corrected chi connectivity index (χ0v) is 17.2. The lowest BCUT2D eigenvalue weighted by Gasteiger charge is -2.33. The topological polar surface area (TPSA) is 105 Å². The number of rotatable bonds is 8. The Morgan fingerprint density at radius 2 is 1.82 bits per heavy atom. The third kappa shape index (κ3) is 6.49. The third-order valence-electron chi connectivity index (χ3n) is 5.20. The smallest absolute Gasteiger partial charge is 0.251 e. The minimum absolute atomic E-state index is 0.00815. The molecule has 0 aliphatic carbocycles. The van der Waals surface area contributed by atoms with Gasteiger partial charge in [-0.25, -0.2) is 0 Å². The van der Waals surface area contributed by atoms with Gasteiger partial charge in [0, 0.05) is 29.7 Å². The average Bonchev–Trinajstić information content (AvgIpc) is 2.67. The van der Waals surface area contributed by atoms with Crippen LogP contribution in [0.15, 0.2) is 24.3 Å². The van der Waals surface area contributed by atoms with Crippen LogP contribution in [0.2, 0.25) is 5.02 Å². The predicted molar refractivity (Wildman–Crippen MR) is 109 cm³/mol. The molecule has 7 nitrogen and oxygen atoms in total. The fraction of sp³-hybridized carbons (Fsp3) is 0.550. The molecule has 1 saturated heterocycles. The van der Waals surface area contributed by atoms with Crippen molar-refractivity contribution in [1.29, 1.82) is 0 Å². The van der Waals surface area contributed by atoms with Crippen LogP contribution in [0.3, 0.4) is 0 Å². The van der Waals surface area contributed by atoms with Crippen LogP contribution in [0.5, 0.6) is 0 Å². The van der Waals surface area contributed by atoms with Crippen molar-refractivity contribution in [3.8, 4) is 0 Å². The van der Waals surface area contributed by atoms with Crippen molar-refractivity contribution in [2.24, 2.45) is 11.7 Å². The molecule has 2 atom stereocenters. The van der Waals surface area contributed by atoms with Crippen LogP contribution in [-0.4, -0.2) is 54.3 Å². The number of hydrogen-bond donors (Lipinski definition) is 3. The van der Waals surface area contributed by atoms with E-state index in [0.717, 1.165) is 19.3 Å². The highest BCUT2D eigenvalue weighted by Gasteiger charge is 2.29. The summed E-state index contributed by atoms with van der Waals surface area (Å²) in [6.45, 7) is 5.59. The molecule has 0 aromatic heterocycles. The maximum Gasteiger partial charge on any atom is 0.251 e. The number of nitrogens with two attached hydrogens (primary N) is 1. The van der Waals surface area contributed by atoms with Crippen LogP contribution in [0.25, 0.3) is 0 Å². The minimum atomic E-state index is -0.614. The number of carbonyl (C=O) groups excluding carboxylic acids is 3. The second-order valence-corrected chi connectivity index (χ2v) is 7.81. The molecule has 2 rings (SSSR count). The van der Waals surface area contributed by atoms with E-state index in [9.17, 15) is 14.4 Å². The van der Waals surface area contributed by atoms with Crippen LogP contribution in [0, 0.1) is 5.92 Å². The Balaban J connectivity index is 1.95. The van der Waals surface area contributed by atoms with Gasteiger partial charge in [-0.05, 0) is 43.0 Å². The van der Waals surface area contributed by atoms with Crippen LogP contribution < -0.4 is 16.4 Å². The van der Waals surface area contributed by atoms with Gasteiger partial charge in [-0.2, -0.15) is 0 Å². The molecule has 3 amide bonds. The van der Waals surface area contributed by atoms with Gasteiger partial charge in [-0.1, -0.05) is 31.9 Å². The molecule has 1 heterocycles. The Kier molecular flexibility index (Phi) is 8.26. The fourth-order valence-corrected chi connectivity index (χ4v) is 3.40. The van der Waals surface area contributed by atoms with E-state index in [2.05, 4.69) is 10.6 Å². The van der Waals surface area contributed by atoms with Crippen molar-refractivity contribution in [3.05, 3.63) is 34.9 Å². The molecule has 2 unspecified atom stereocenters. The second-order valence-electron chi connectivity index (χ2n) is 7.37. The molecule has 1 fully saturated rings. The minimum Gasteiger partial charge on any atom is -0.369 e. The molecule has 154 valence electrons. The average molecular weight is 409 g/mol. The second kappa shape index (κ2) is 10.4. The van der Waals surface area contributed by atoms with E-state index in [1.807, 2.05) is 18.7 Å². The first-order chi connectivity index (χ1) is 13.3. The Morgan fingerprint density at radius 3 is 2.36 bits per heavy atom. The number of piperidine rings is 1. The number of nitrogens with one attached hydrogen (secondary N) is 2. The van der Waals surface area contributed by atoms with Crippen molar-refractivity contribution >= 4 is 29.3 Å². The molecule has 0 bridgehead atoms. The molecular formula is C20H29ClN4O3. The van der Waals surface area contributed by atoms with Gasteiger partial charge in [0.2, 0.25) is 11.8 Å². The van der Waals surface area contributed by atoms with Crippen molar-refractivity contribution in [1.82, 2.24) is 15.5 Å². The van der Waals surface area contributed by atoms with Crippen molar-refractivity contribution in [3.63, 3.8) is 0 Å². The van der Waals surface area contributed by atoms with Gasteiger partial charge in [-0.3, -0.25) is 19.3 Å². The molecule has 0 spiro atoms. The molecule has 8 heteroatoms. The van der Waals surface area contributed by atoms with Crippen LogP contribution in [0.4, 0.5) is 0 Å². The zero-order valence-electron chi connectivity index (χ0n) is 16.4. The fourth-order valence-electron chi connectivity index (χ4n) is 3.27. The van der Waals surface area contributed by atoms with Gasteiger partial charge < -0.3 is 16.4 Å². The Hall–Kier alpha value is -2.12. The molecule has 0 radical (unpaired) electrons. The van der Waals surface area contributed by atoms with E-state index >= 15 is 0 Å². The lowest BCUT2D eigenvalue weighted by molar-refractivity contribution is -0.125. The lowest BCUT2D eigenvalue weighted by atomic mass is 9.96. The lowest BCUT2D eigenvalue weighted by Crippen LogP contribution is -2.54. The van der Waals surface area contributed by atoms with E-state index in [-0.39, 0.29) is 36.2 Å². The number of amides is 3. The number of likely N-dealkylation sites (tertiary alicyclic amines) is 1. The van der Waals surface area contributed by atoms with E-state index in [0.29, 0.717) is 23.7 Å². The first-order valence-electron chi connectivity index (χ1n) is 9.67. The number of primary amides is 1. The Bertz CT molecular complexity index is 687. The summed E-state index contributed by atoms with van der Waals surface area (Å²) in [5.41, 5.74) is 5.69. The van der Waals surface area contributed by atoms with Crippen LogP contribution >= 0.6 is 11.6 Å². The molecular weight excluding hydrogens is 380 g/mol. The van der Waals surface area contributed by atoms with E-state index < -0.39 is 6.04 Å². The standard InChI is InChI=1S/C20H29ClN4O3/c1-3-13(2)18(24-19(27)14-4-6-15(21)7-5-14)20(28)23-16-8-10-25(11-9-16)12-17(22)26/h4-7,13,16,18H,3,8-12H2,1-2H3,(H2,22,26)(H,23,28)(H,24,27). The molecule has 1 aliphatic heterocycles. The highest BCUT2D eigenvalue weighted by Crippen LogP contribution is 2.14. The number of halogens is 1. The van der Waals surface area contributed by atoms with Crippen molar-refractivity contribution in [2.75, 3.05) is 19.6 Å². The largest absolute Gasteiger partial charge is 0.369 e. The zero-order chi connectivity index (χ0) is 20.7. The summed E-state index contributed by atoms with van der Waals surface area (Å²) < 4.78 is 0. The molecule has 0 saturated carbocycles. The molecule has 1 aliphatic rings. The van der Waals surface area contributed by atoms with E-state index in [1.165, 1.54) is 0 Å². The quantitative estimate of drug-likeness (QED) is 0.606. The van der Waals surface area contributed by atoms with E-state index in [1.54, 1.807) is 24.3 Å². The summed E-state index contributed by atoms with van der Waals surface area (Å²) >= 11 is 5.87. The first-order valence-corrected chi connectivity index (χ1v) is 10.1. The molecule has 28 heavy (non-hydrogen) atoms. The summed E-state index contributed by atoms with van der Waals surface area (Å²) in [4.78, 5) is 38.4. The Morgan fingerprint density at radius 1 is 1.21 bits per heavy atom. The van der Waals surface area contributed by atoms with Gasteiger partial charge in [0.15, 0.2) is 0 Å². The number of nitrogens with zero attached hydrogens (tertiary/aromatic N) is 1. The number of hydrogen-bond acceptors (Lipinski definition) is 4. The Labute approximate surface area is 171 Å². The predicted octanol–water partition coefficient (Wildman–Crippen LogP) is 1.55. The maximum absolute atomic E-state index is 12.9. The van der Waals surface area contributed by atoms with Gasteiger partial charge >= 0.3 is 0 Å². The van der Waals surface area contributed by atoms with Crippen molar-refractivity contribution < 1.29 is 14.4 Å². The van der Waals surface area contributed by atoms with Crippen LogP contribution in [-0.2, 0) is 9.59 Å². The maximum atomic E-state index is 12.9. The summed E-state index contributed by atoms with van der Waals surface area (Å²) in [5.74, 6) is -0.825. The third-order valence-corrected chi connectivity index (χ3v) is 5.45. The SMILES string of the molecule is CCC(C)C(NC(=O)c1ccc(Cl)cc1)C(=O)NC1CCN(CC(N)=O)CC1.